The molecule has 1 heterocycles. The summed E-state index contributed by atoms with van der Waals surface area (Å²) in [4.78, 5) is 4.14. The number of pyridine rings is 1. The Labute approximate surface area is 106 Å². The fourth-order valence-electron chi connectivity index (χ4n) is 1.51. The van der Waals surface area contributed by atoms with Crippen LogP contribution in [0.3, 0.4) is 0 Å². The molecule has 0 fully saturated rings. The zero-order valence-corrected chi connectivity index (χ0v) is 10.9. The summed E-state index contributed by atoms with van der Waals surface area (Å²) >= 11 is 0. The smallest absolute Gasteiger partial charge is 0.301 e. The zero-order chi connectivity index (χ0) is 13.3. The van der Waals surface area contributed by atoms with Gasteiger partial charge < -0.3 is 5.73 Å². The Bertz CT molecular complexity index is 683. The van der Waals surface area contributed by atoms with E-state index in [0.717, 1.165) is 4.31 Å². The molecule has 0 spiro atoms. The SMILES string of the molecule is CN(C)S(=O)(=O)Nc1ccc(N)c2ncccc12. The van der Waals surface area contributed by atoms with Crippen molar-refractivity contribution in [2.24, 2.45) is 0 Å². The molecule has 2 aromatic rings. The molecule has 0 aliphatic heterocycles. The normalized spacial score (nSPS) is 11.9. The van der Waals surface area contributed by atoms with Gasteiger partial charge in [-0.25, -0.2) is 0 Å². The predicted octanol–water partition coefficient (Wildman–Crippen LogP) is 1.04. The second-order valence-corrected chi connectivity index (χ2v) is 5.88. The van der Waals surface area contributed by atoms with Crippen molar-refractivity contribution >= 4 is 32.5 Å². The molecule has 6 nitrogen and oxygen atoms in total. The quantitative estimate of drug-likeness (QED) is 0.812. The Hall–Kier alpha value is -1.86. The van der Waals surface area contributed by atoms with Gasteiger partial charge in [0.05, 0.1) is 16.9 Å². The lowest BCUT2D eigenvalue weighted by atomic mass is 10.1. The lowest BCUT2D eigenvalue weighted by molar-refractivity contribution is 0.527. The number of nitrogen functional groups attached to an aromatic ring is 1. The van der Waals surface area contributed by atoms with Gasteiger partial charge in [0.15, 0.2) is 0 Å². The average molecular weight is 266 g/mol. The summed E-state index contributed by atoms with van der Waals surface area (Å²) in [6, 6.07) is 6.75. The van der Waals surface area contributed by atoms with Gasteiger partial charge in [-0.3, -0.25) is 9.71 Å². The number of hydrogen-bond acceptors (Lipinski definition) is 4. The van der Waals surface area contributed by atoms with Gasteiger partial charge in [-0.2, -0.15) is 12.7 Å². The first-order valence-corrected chi connectivity index (χ1v) is 6.69. The highest BCUT2D eigenvalue weighted by Gasteiger charge is 2.15. The Balaban J connectivity index is 2.57. The van der Waals surface area contributed by atoms with Gasteiger partial charge in [-0.1, -0.05) is 0 Å². The van der Waals surface area contributed by atoms with Crippen LogP contribution >= 0.6 is 0 Å². The second-order valence-electron chi connectivity index (χ2n) is 3.99. The van der Waals surface area contributed by atoms with Crippen LogP contribution in [0.2, 0.25) is 0 Å². The maximum Gasteiger partial charge on any atom is 0.301 e. The molecule has 1 aromatic heterocycles. The van der Waals surface area contributed by atoms with E-state index in [0.29, 0.717) is 22.3 Å². The molecule has 7 heteroatoms. The molecule has 0 unspecified atom stereocenters. The summed E-state index contributed by atoms with van der Waals surface area (Å²) in [5.41, 5.74) is 7.35. The average Bonchev–Trinajstić information content (AvgIpc) is 2.33. The van der Waals surface area contributed by atoms with Gasteiger partial charge in [0.2, 0.25) is 0 Å². The summed E-state index contributed by atoms with van der Waals surface area (Å²) in [7, 11) is -0.624. The molecule has 0 saturated carbocycles. The Morgan fingerprint density at radius 2 is 2.00 bits per heavy atom. The third kappa shape index (κ3) is 2.22. The van der Waals surface area contributed by atoms with Gasteiger partial charge in [-0.05, 0) is 24.3 Å². The van der Waals surface area contributed by atoms with Crippen molar-refractivity contribution in [3.8, 4) is 0 Å². The first-order chi connectivity index (χ1) is 8.42. The van der Waals surface area contributed by atoms with Crippen LogP contribution in [0.15, 0.2) is 30.5 Å². The standard InChI is InChI=1S/C11H14N4O2S/c1-15(2)18(16,17)14-10-6-5-9(12)11-8(10)4-3-7-13-11/h3-7,14H,12H2,1-2H3. The van der Waals surface area contributed by atoms with Gasteiger partial charge in [0.25, 0.3) is 0 Å². The van der Waals surface area contributed by atoms with Crippen LogP contribution in [0.5, 0.6) is 0 Å². The third-order valence-corrected chi connectivity index (χ3v) is 3.96. The van der Waals surface area contributed by atoms with E-state index < -0.39 is 10.2 Å². The highest BCUT2D eigenvalue weighted by Crippen LogP contribution is 2.27. The molecule has 2 rings (SSSR count). The number of nitrogens with zero attached hydrogens (tertiary/aromatic N) is 2. The number of anilines is 2. The summed E-state index contributed by atoms with van der Waals surface area (Å²) < 4.78 is 27.2. The van der Waals surface area contributed by atoms with Crippen molar-refractivity contribution in [3.63, 3.8) is 0 Å². The molecule has 18 heavy (non-hydrogen) atoms. The molecule has 0 radical (unpaired) electrons. The largest absolute Gasteiger partial charge is 0.397 e. The fraction of sp³-hybridized carbons (Fsp3) is 0.182. The van der Waals surface area contributed by atoms with E-state index in [4.69, 9.17) is 5.73 Å². The van der Waals surface area contributed by atoms with E-state index in [9.17, 15) is 8.42 Å². The number of fused-ring (bicyclic) bond motifs is 1. The third-order valence-electron chi connectivity index (χ3n) is 2.52. The number of rotatable bonds is 3. The van der Waals surface area contributed by atoms with Crippen molar-refractivity contribution in [2.45, 2.75) is 0 Å². The van der Waals surface area contributed by atoms with Crippen LogP contribution in [0, 0.1) is 0 Å². The molecule has 0 saturated heterocycles. The Morgan fingerprint density at radius 1 is 1.28 bits per heavy atom. The minimum atomic E-state index is -3.54. The summed E-state index contributed by atoms with van der Waals surface area (Å²) in [6.07, 6.45) is 1.61. The number of aromatic nitrogens is 1. The Kier molecular flexibility index (Phi) is 3.10. The molecule has 0 atom stereocenters. The number of nitrogens with one attached hydrogen (secondary N) is 1. The molecule has 3 N–H and O–H groups in total. The molecular weight excluding hydrogens is 252 g/mol. The van der Waals surface area contributed by atoms with Crippen molar-refractivity contribution < 1.29 is 8.42 Å². The van der Waals surface area contributed by atoms with Gasteiger partial charge in [0.1, 0.15) is 0 Å². The maximum absolute atomic E-state index is 11.8. The molecular formula is C11H14N4O2S. The number of hydrogen-bond donors (Lipinski definition) is 2. The molecule has 0 aliphatic carbocycles. The molecule has 0 bridgehead atoms. The summed E-state index contributed by atoms with van der Waals surface area (Å²) in [5, 5.41) is 0.669. The summed E-state index contributed by atoms with van der Waals surface area (Å²) in [5.74, 6) is 0. The van der Waals surface area contributed by atoms with Crippen molar-refractivity contribution in [1.82, 2.24) is 9.29 Å². The maximum atomic E-state index is 11.8. The Morgan fingerprint density at radius 3 is 2.67 bits per heavy atom. The van der Waals surface area contributed by atoms with E-state index >= 15 is 0 Å². The molecule has 1 aromatic carbocycles. The molecule has 0 amide bonds. The highest BCUT2D eigenvalue weighted by atomic mass is 32.2. The molecule has 0 aliphatic rings. The minimum absolute atomic E-state index is 0.459. The van der Waals surface area contributed by atoms with Crippen LogP contribution in [0.4, 0.5) is 11.4 Å². The van der Waals surface area contributed by atoms with Crippen molar-refractivity contribution in [3.05, 3.63) is 30.5 Å². The van der Waals surface area contributed by atoms with Crippen LogP contribution < -0.4 is 10.5 Å². The first kappa shape index (κ1) is 12.6. The van der Waals surface area contributed by atoms with Gasteiger partial charge in [-0.15, -0.1) is 0 Å². The van der Waals surface area contributed by atoms with Gasteiger partial charge in [0, 0.05) is 25.7 Å². The summed E-state index contributed by atoms with van der Waals surface area (Å²) in [6.45, 7) is 0. The number of benzene rings is 1. The van der Waals surface area contributed by atoms with Crippen molar-refractivity contribution in [2.75, 3.05) is 24.6 Å². The number of nitrogens with two attached hydrogens (primary N) is 1. The highest BCUT2D eigenvalue weighted by molar-refractivity contribution is 7.90. The molecule has 96 valence electrons. The van der Waals surface area contributed by atoms with E-state index in [1.54, 1.807) is 30.5 Å². The topological polar surface area (TPSA) is 88.3 Å². The van der Waals surface area contributed by atoms with E-state index in [1.807, 2.05) is 0 Å². The van der Waals surface area contributed by atoms with E-state index in [2.05, 4.69) is 9.71 Å². The fourth-order valence-corrected chi connectivity index (χ4v) is 2.15. The van der Waals surface area contributed by atoms with Crippen LogP contribution in [0.25, 0.3) is 10.9 Å². The van der Waals surface area contributed by atoms with Crippen LogP contribution in [0.1, 0.15) is 0 Å². The predicted molar refractivity (Wildman–Crippen MR) is 72.4 cm³/mol. The van der Waals surface area contributed by atoms with Gasteiger partial charge >= 0.3 is 10.2 Å². The van der Waals surface area contributed by atoms with Crippen LogP contribution in [-0.4, -0.2) is 31.8 Å². The monoisotopic (exact) mass is 266 g/mol. The van der Waals surface area contributed by atoms with E-state index in [1.165, 1.54) is 14.1 Å². The first-order valence-electron chi connectivity index (χ1n) is 5.25. The zero-order valence-electron chi connectivity index (χ0n) is 10.1. The minimum Gasteiger partial charge on any atom is -0.397 e. The lowest BCUT2D eigenvalue weighted by Crippen LogP contribution is -2.29. The van der Waals surface area contributed by atoms with Crippen LogP contribution in [-0.2, 0) is 10.2 Å². The van der Waals surface area contributed by atoms with Crippen molar-refractivity contribution in [1.29, 1.82) is 0 Å². The second kappa shape index (κ2) is 4.43. The van der Waals surface area contributed by atoms with E-state index in [-0.39, 0.29) is 0 Å². The lowest BCUT2D eigenvalue weighted by Gasteiger charge is -2.15.